The van der Waals surface area contributed by atoms with Gasteiger partial charge in [0, 0.05) is 6.07 Å². The highest BCUT2D eigenvalue weighted by Crippen LogP contribution is 2.18. The largest absolute Gasteiger partial charge is 0.497 e. The van der Waals surface area contributed by atoms with Gasteiger partial charge in [0.2, 0.25) is 0 Å². The van der Waals surface area contributed by atoms with E-state index < -0.39 is 17.7 Å². The molecule has 2 rings (SSSR count). The normalized spacial score (nSPS) is 10.2. The molecule has 0 aliphatic heterocycles. The van der Waals surface area contributed by atoms with Gasteiger partial charge in [-0.05, 0) is 31.2 Å². The minimum atomic E-state index is -0.886. The van der Waals surface area contributed by atoms with Gasteiger partial charge in [-0.2, -0.15) is 0 Å². The third-order valence-corrected chi connectivity index (χ3v) is 2.77. The number of rotatable bonds is 6. The predicted molar refractivity (Wildman–Crippen MR) is 80.2 cm³/mol. The second kappa shape index (κ2) is 7.34. The number of carbonyl (C=O) groups excluding carboxylic acids is 2. The highest BCUT2D eigenvalue weighted by atomic mass is 16.6. The molecular formula is C14H16N4O5. The third kappa shape index (κ3) is 3.62. The fraction of sp³-hybridized carbons (Fsp3) is 0.357. The molecule has 23 heavy (non-hydrogen) atoms. The first kappa shape index (κ1) is 16.4. The fourth-order valence-electron chi connectivity index (χ4n) is 1.75. The minimum absolute atomic E-state index is 0.104. The number of fused-ring (bicyclic) bond motifs is 1. The van der Waals surface area contributed by atoms with Crippen LogP contribution in [0, 0.1) is 0 Å². The molecule has 1 aromatic heterocycles. The second-order valence-corrected chi connectivity index (χ2v) is 4.22. The van der Waals surface area contributed by atoms with Crippen LogP contribution in [0.25, 0.3) is 11.0 Å². The molecule has 0 aliphatic rings. The van der Waals surface area contributed by atoms with Gasteiger partial charge in [-0.1, -0.05) is 0 Å². The van der Waals surface area contributed by atoms with E-state index in [4.69, 9.17) is 14.2 Å². The summed E-state index contributed by atoms with van der Waals surface area (Å²) in [6, 6.07) is 5.00. The van der Waals surface area contributed by atoms with Crippen molar-refractivity contribution in [2.75, 3.05) is 20.3 Å². The lowest BCUT2D eigenvalue weighted by molar-refractivity contribution is -0.140. The first-order valence-corrected chi connectivity index (χ1v) is 6.93. The van der Waals surface area contributed by atoms with E-state index in [1.165, 1.54) is 7.11 Å². The topological polar surface area (TPSA) is 105 Å². The van der Waals surface area contributed by atoms with Crippen LogP contribution in [0.2, 0.25) is 0 Å². The first-order chi connectivity index (χ1) is 11.1. The van der Waals surface area contributed by atoms with Gasteiger partial charge in [0.25, 0.3) is 5.71 Å². The number of hydrogen-bond acceptors (Lipinski definition) is 8. The van der Waals surface area contributed by atoms with Crippen LogP contribution in [-0.2, 0) is 19.1 Å². The molecule has 0 spiro atoms. The summed E-state index contributed by atoms with van der Waals surface area (Å²) in [5, 5.41) is 11.6. The number of hydrogen-bond donors (Lipinski definition) is 0. The number of esters is 2. The molecule has 0 aliphatic carbocycles. The Morgan fingerprint density at radius 1 is 1.17 bits per heavy atom. The molecule has 0 bridgehead atoms. The van der Waals surface area contributed by atoms with Gasteiger partial charge in [0.1, 0.15) is 16.8 Å². The van der Waals surface area contributed by atoms with E-state index >= 15 is 0 Å². The van der Waals surface area contributed by atoms with Crippen LogP contribution in [0.4, 0.5) is 0 Å². The predicted octanol–water partition coefficient (Wildman–Crippen LogP) is 0.770. The van der Waals surface area contributed by atoms with Crippen molar-refractivity contribution in [2.45, 2.75) is 13.8 Å². The van der Waals surface area contributed by atoms with E-state index in [0.717, 1.165) is 4.79 Å². The van der Waals surface area contributed by atoms with Gasteiger partial charge in [-0.3, -0.25) is 0 Å². The Bertz CT molecular complexity index is 733. The Morgan fingerprint density at radius 3 is 2.39 bits per heavy atom. The molecule has 0 saturated carbocycles. The van der Waals surface area contributed by atoms with E-state index in [1.54, 1.807) is 32.0 Å². The molecule has 0 fully saturated rings. The molecule has 0 atom stereocenters. The van der Waals surface area contributed by atoms with Crippen molar-refractivity contribution in [3.8, 4) is 5.75 Å². The average Bonchev–Trinajstić information content (AvgIpc) is 2.94. The molecule has 1 aromatic carbocycles. The molecular weight excluding hydrogens is 304 g/mol. The van der Waals surface area contributed by atoms with Crippen molar-refractivity contribution in [1.82, 2.24) is 15.1 Å². The standard InChI is InChI=1S/C14H16N4O5/c1-4-22-13(19)12(14(20)23-5-2)16-18-11-7-6-9(21-3)8-10(11)15-17-18/h6-8H,4-5H2,1-3H3. The number of nitrogens with zero attached hydrogens (tertiary/aromatic N) is 4. The maximum Gasteiger partial charge on any atom is 0.366 e. The van der Waals surface area contributed by atoms with Gasteiger partial charge in [-0.25, -0.2) is 9.59 Å². The monoisotopic (exact) mass is 320 g/mol. The van der Waals surface area contributed by atoms with Crippen LogP contribution in [0.15, 0.2) is 23.3 Å². The van der Waals surface area contributed by atoms with Crippen molar-refractivity contribution in [1.29, 1.82) is 0 Å². The average molecular weight is 320 g/mol. The smallest absolute Gasteiger partial charge is 0.366 e. The minimum Gasteiger partial charge on any atom is -0.497 e. The number of benzene rings is 1. The summed E-state index contributed by atoms with van der Waals surface area (Å²) in [4.78, 5) is 24.8. The van der Waals surface area contributed by atoms with Crippen LogP contribution >= 0.6 is 0 Å². The Hall–Kier alpha value is -2.97. The van der Waals surface area contributed by atoms with Crippen molar-refractivity contribution < 1.29 is 23.8 Å². The SMILES string of the molecule is CCOC(=O)C(=Nn1nnc2cc(OC)ccc21)C(=O)OCC. The molecule has 0 amide bonds. The van der Waals surface area contributed by atoms with Gasteiger partial charge in [0.15, 0.2) is 0 Å². The van der Waals surface area contributed by atoms with Gasteiger partial charge in [0.05, 0.1) is 20.3 Å². The Kier molecular flexibility index (Phi) is 5.23. The zero-order chi connectivity index (χ0) is 16.8. The van der Waals surface area contributed by atoms with Crippen LogP contribution < -0.4 is 4.74 Å². The highest BCUT2D eigenvalue weighted by Gasteiger charge is 2.24. The molecule has 122 valence electrons. The fourth-order valence-corrected chi connectivity index (χ4v) is 1.75. The summed E-state index contributed by atoms with van der Waals surface area (Å²) in [7, 11) is 1.53. The Balaban J connectivity index is 2.45. The van der Waals surface area contributed by atoms with Crippen LogP contribution in [0.1, 0.15) is 13.8 Å². The summed E-state index contributed by atoms with van der Waals surface area (Å²) in [6.07, 6.45) is 0. The lowest BCUT2D eigenvalue weighted by Crippen LogP contribution is -2.29. The number of methoxy groups -OCH3 is 1. The van der Waals surface area contributed by atoms with E-state index in [1.807, 2.05) is 0 Å². The zero-order valence-electron chi connectivity index (χ0n) is 13.0. The van der Waals surface area contributed by atoms with Gasteiger partial charge >= 0.3 is 11.9 Å². The van der Waals surface area contributed by atoms with Crippen molar-refractivity contribution in [3.63, 3.8) is 0 Å². The Morgan fingerprint density at radius 2 is 1.83 bits per heavy atom. The van der Waals surface area contributed by atoms with E-state index in [9.17, 15) is 9.59 Å². The van der Waals surface area contributed by atoms with Crippen LogP contribution in [0.5, 0.6) is 5.75 Å². The van der Waals surface area contributed by atoms with Crippen molar-refractivity contribution >= 4 is 28.7 Å². The molecule has 1 heterocycles. The van der Waals surface area contributed by atoms with E-state index in [-0.39, 0.29) is 13.2 Å². The zero-order valence-corrected chi connectivity index (χ0v) is 13.0. The van der Waals surface area contributed by atoms with Gasteiger partial charge in [-0.15, -0.1) is 15.0 Å². The number of carbonyl (C=O) groups is 2. The van der Waals surface area contributed by atoms with Crippen molar-refractivity contribution in [2.24, 2.45) is 5.10 Å². The lowest BCUT2D eigenvalue weighted by Gasteiger charge is -2.05. The highest BCUT2D eigenvalue weighted by molar-refractivity contribution is 6.62. The molecule has 0 N–H and O–H groups in total. The summed E-state index contributed by atoms with van der Waals surface area (Å²) in [5.74, 6) is -1.17. The first-order valence-electron chi connectivity index (χ1n) is 6.93. The van der Waals surface area contributed by atoms with Gasteiger partial charge < -0.3 is 14.2 Å². The summed E-state index contributed by atoms with van der Waals surface area (Å²) >= 11 is 0. The summed E-state index contributed by atoms with van der Waals surface area (Å²) in [5.41, 5.74) is 0.494. The second-order valence-electron chi connectivity index (χ2n) is 4.22. The van der Waals surface area contributed by atoms with Crippen LogP contribution in [0.3, 0.4) is 0 Å². The molecule has 2 aromatic rings. The number of ether oxygens (including phenoxy) is 3. The van der Waals surface area contributed by atoms with Crippen LogP contribution in [-0.4, -0.2) is 53.1 Å². The summed E-state index contributed by atoms with van der Waals surface area (Å²) in [6.45, 7) is 3.45. The molecule has 0 unspecified atom stereocenters. The van der Waals surface area contributed by atoms with Crippen molar-refractivity contribution in [3.05, 3.63) is 18.2 Å². The summed E-state index contributed by atoms with van der Waals surface area (Å²) < 4.78 is 14.7. The maximum atomic E-state index is 11.9. The number of aromatic nitrogens is 3. The molecule has 0 radical (unpaired) electrons. The molecule has 0 saturated heterocycles. The molecule has 9 heteroatoms. The third-order valence-electron chi connectivity index (χ3n) is 2.77. The molecule has 9 nitrogen and oxygen atoms in total. The quantitative estimate of drug-likeness (QED) is 0.440. The Labute approximate surface area is 131 Å². The lowest BCUT2D eigenvalue weighted by atomic mass is 10.3. The van der Waals surface area contributed by atoms with E-state index in [0.29, 0.717) is 16.8 Å². The van der Waals surface area contributed by atoms with E-state index in [2.05, 4.69) is 15.4 Å². The maximum absolute atomic E-state index is 11.9.